The normalized spacial score (nSPS) is 9.64. The third-order valence-corrected chi connectivity index (χ3v) is 1.51. The molecule has 0 bridgehead atoms. The van der Waals surface area contributed by atoms with Crippen LogP contribution < -0.4 is 5.32 Å². The summed E-state index contributed by atoms with van der Waals surface area (Å²) in [5.74, 6) is 0.841. The molecule has 0 aliphatic rings. The van der Waals surface area contributed by atoms with Gasteiger partial charge in [-0.3, -0.25) is 4.79 Å². The summed E-state index contributed by atoms with van der Waals surface area (Å²) in [7, 11) is 1.61. The predicted octanol–water partition coefficient (Wildman–Crippen LogP) is 0.459. The van der Waals surface area contributed by atoms with Gasteiger partial charge in [-0.1, -0.05) is 0 Å². The van der Waals surface area contributed by atoms with E-state index in [-0.39, 0.29) is 5.91 Å². The molecule has 66 valence electrons. The van der Waals surface area contributed by atoms with Crippen LogP contribution in [-0.4, -0.2) is 31.9 Å². The third kappa shape index (κ3) is 7.68. The Labute approximate surface area is 72.9 Å². The van der Waals surface area contributed by atoms with Crippen LogP contribution in [0.2, 0.25) is 0 Å². The van der Waals surface area contributed by atoms with E-state index in [9.17, 15) is 4.79 Å². The Morgan fingerprint density at radius 1 is 1.64 bits per heavy atom. The lowest BCUT2D eigenvalue weighted by atomic mass is 10.3. The van der Waals surface area contributed by atoms with Crippen molar-refractivity contribution < 1.29 is 9.53 Å². The molecule has 0 aromatic carbocycles. The topological polar surface area (TPSA) is 38.3 Å². The van der Waals surface area contributed by atoms with Crippen LogP contribution in [0.15, 0.2) is 0 Å². The lowest BCUT2D eigenvalue weighted by molar-refractivity contribution is -0.121. The van der Waals surface area contributed by atoms with Gasteiger partial charge in [-0.05, 0) is 12.2 Å². The van der Waals surface area contributed by atoms with E-state index in [0.29, 0.717) is 19.6 Å². The zero-order valence-corrected chi connectivity index (χ0v) is 7.69. The monoisotopic (exact) mass is 177 g/mol. The molecule has 0 aromatic heterocycles. The molecule has 11 heavy (non-hydrogen) atoms. The molecule has 0 fully saturated rings. The zero-order valence-electron chi connectivity index (χ0n) is 6.80. The molecule has 0 rings (SSSR count). The van der Waals surface area contributed by atoms with Crippen LogP contribution in [0, 0.1) is 0 Å². The maximum Gasteiger partial charge on any atom is 0.220 e. The van der Waals surface area contributed by atoms with Crippen molar-refractivity contribution in [2.75, 3.05) is 26.0 Å². The first-order valence-corrected chi connectivity index (χ1v) is 4.31. The molecule has 0 aromatic rings. The van der Waals surface area contributed by atoms with Crippen molar-refractivity contribution in [3.8, 4) is 0 Å². The first-order chi connectivity index (χ1) is 5.31. The molecule has 4 heteroatoms. The minimum atomic E-state index is 0.0797. The van der Waals surface area contributed by atoms with Crippen LogP contribution in [-0.2, 0) is 9.53 Å². The standard InChI is InChI=1S/C7H15NO2S/c1-10-5-4-8-7(9)3-2-6-11/h11H,2-6H2,1H3,(H,8,9). The summed E-state index contributed by atoms with van der Waals surface area (Å²) >= 11 is 4.00. The van der Waals surface area contributed by atoms with Crippen LogP contribution in [0.5, 0.6) is 0 Å². The highest BCUT2D eigenvalue weighted by atomic mass is 32.1. The van der Waals surface area contributed by atoms with Crippen molar-refractivity contribution in [2.45, 2.75) is 12.8 Å². The van der Waals surface area contributed by atoms with Gasteiger partial charge < -0.3 is 10.1 Å². The van der Waals surface area contributed by atoms with Crippen molar-refractivity contribution in [2.24, 2.45) is 0 Å². The molecular formula is C7H15NO2S. The molecule has 0 atom stereocenters. The third-order valence-electron chi connectivity index (χ3n) is 1.19. The summed E-state index contributed by atoms with van der Waals surface area (Å²) in [6.07, 6.45) is 1.40. The number of thiol groups is 1. The van der Waals surface area contributed by atoms with E-state index in [1.54, 1.807) is 7.11 Å². The van der Waals surface area contributed by atoms with E-state index in [1.165, 1.54) is 0 Å². The van der Waals surface area contributed by atoms with Gasteiger partial charge in [0.05, 0.1) is 6.61 Å². The SMILES string of the molecule is COCCNC(=O)CCCS. The number of methoxy groups -OCH3 is 1. The summed E-state index contributed by atoms with van der Waals surface area (Å²) in [6, 6.07) is 0. The second-order valence-corrected chi connectivity index (χ2v) is 2.62. The number of amides is 1. The molecule has 0 radical (unpaired) electrons. The molecule has 0 spiro atoms. The Kier molecular flexibility index (Phi) is 7.72. The minimum absolute atomic E-state index is 0.0797. The van der Waals surface area contributed by atoms with Crippen molar-refractivity contribution in [3.63, 3.8) is 0 Å². The van der Waals surface area contributed by atoms with Crippen LogP contribution in [0.1, 0.15) is 12.8 Å². The maximum atomic E-state index is 10.9. The van der Waals surface area contributed by atoms with E-state index < -0.39 is 0 Å². The van der Waals surface area contributed by atoms with Crippen molar-refractivity contribution in [1.29, 1.82) is 0 Å². The van der Waals surface area contributed by atoms with Gasteiger partial charge in [0, 0.05) is 20.1 Å². The van der Waals surface area contributed by atoms with Gasteiger partial charge >= 0.3 is 0 Å². The van der Waals surface area contributed by atoms with Gasteiger partial charge in [0.2, 0.25) is 5.91 Å². The summed E-state index contributed by atoms with van der Waals surface area (Å²) in [6.45, 7) is 1.18. The van der Waals surface area contributed by atoms with Gasteiger partial charge in [-0.2, -0.15) is 12.6 Å². The predicted molar refractivity (Wildman–Crippen MR) is 48.0 cm³/mol. The van der Waals surface area contributed by atoms with Gasteiger partial charge in [-0.15, -0.1) is 0 Å². The van der Waals surface area contributed by atoms with Gasteiger partial charge in [0.1, 0.15) is 0 Å². The fourth-order valence-corrected chi connectivity index (χ4v) is 0.779. The minimum Gasteiger partial charge on any atom is -0.383 e. The quantitative estimate of drug-likeness (QED) is 0.457. The maximum absolute atomic E-state index is 10.9. The lowest BCUT2D eigenvalue weighted by Crippen LogP contribution is -2.26. The fraction of sp³-hybridized carbons (Fsp3) is 0.857. The molecule has 0 saturated carbocycles. The highest BCUT2D eigenvalue weighted by Crippen LogP contribution is 1.90. The Morgan fingerprint density at radius 2 is 2.36 bits per heavy atom. The summed E-state index contributed by atoms with van der Waals surface area (Å²) in [5, 5.41) is 2.72. The molecule has 1 amide bonds. The zero-order chi connectivity index (χ0) is 8.53. The van der Waals surface area contributed by atoms with Gasteiger partial charge in [0.15, 0.2) is 0 Å². The number of carbonyl (C=O) groups is 1. The van der Waals surface area contributed by atoms with Crippen LogP contribution in [0.25, 0.3) is 0 Å². The molecule has 0 aliphatic carbocycles. The van der Waals surface area contributed by atoms with E-state index >= 15 is 0 Å². The number of hydrogen-bond donors (Lipinski definition) is 2. The number of nitrogens with one attached hydrogen (secondary N) is 1. The average molecular weight is 177 g/mol. The Balaban J connectivity index is 3.09. The number of ether oxygens (including phenoxy) is 1. The first-order valence-electron chi connectivity index (χ1n) is 3.67. The van der Waals surface area contributed by atoms with E-state index in [1.807, 2.05) is 0 Å². The van der Waals surface area contributed by atoms with Crippen molar-refractivity contribution in [3.05, 3.63) is 0 Å². The fourth-order valence-electron chi connectivity index (χ4n) is 0.621. The summed E-state index contributed by atoms with van der Waals surface area (Å²) in [4.78, 5) is 10.9. The number of rotatable bonds is 6. The lowest BCUT2D eigenvalue weighted by Gasteiger charge is -2.02. The molecular weight excluding hydrogens is 162 g/mol. The van der Waals surface area contributed by atoms with E-state index in [4.69, 9.17) is 4.74 Å². The molecule has 0 heterocycles. The Morgan fingerprint density at radius 3 is 2.91 bits per heavy atom. The van der Waals surface area contributed by atoms with Gasteiger partial charge in [0.25, 0.3) is 0 Å². The van der Waals surface area contributed by atoms with Crippen molar-refractivity contribution in [1.82, 2.24) is 5.32 Å². The smallest absolute Gasteiger partial charge is 0.220 e. The Hall–Kier alpha value is -0.220. The van der Waals surface area contributed by atoms with Crippen molar-refractivity contribution >= 4 is 18.5 Å². The molecule has 3 nitrogen and oxygen atoms in total. The number of carbonyl (C=O) groups excluding carboxylic acids is 1. The highest BCUT2D eigenvalue weighted by molar-refractivity contribution is 7.80. The van der Waals surface area contributed by atoms with E-state index in [2.05, 4.69) is 17.9 Å². The molecule has 1 N–H and O–H groups in total. The van der Waals surface area contributed by atoms with Crippen LogP contribution in [0.3, 0.4) is 0 Å². The molecule has 0 aliphatic heterocycles. The second-order valence-electron chi connectivity index (χ2n) is 2.17. The second kappa shape index (κ2) is 7.88. The molecule has 0 saturated heterocycles. The van der Waals surface area contributed by atoms with Gasteiger partial charge in [-0.25, -0.2) is 0 Å². The van der Waals surface area contributed by atoms with E-state index in [0.717, 1.165) is 12.2 Å². The average Bonchev–Trinajstić information content (AvgIpc) is 2.01. The number of hydrogen-bond acceptors (Lipinski definition) is 3. The summed E-state index contributed by atoms with van der Waals surface area (Å²) in [5.41, 5.74) is 0. The Bertz CT molecular complexity index is 109. The molecule has 0 unspecified atom stereocenters. The largest absolute Gasteiger partial charge is 0.383 e. The highest BCUT2D eigenvalue weighted by Gasteiger charge is 1.97. The first kappa shape index (κ1) is 10.8. The van der Waals surface area contributed by atoms with Crippen LogP contribution in [0.4, 0.5) is 0 Å². The van der Waals surface area contributed by atoms with Crippen LogP contribution >= 0.6 is 12.6 Å². The summed E-state index contributed by atoms with van der Waals surface area (Å²) < 4.78 is 4.77.